The summed E-state index contributed by atoms with van der Waals surface area (Å²) in [4.78, 5) is 0. The fraction of sp³-hybridized carbons (Fsp3) is 0. The molecule has 0 saturated carbocycles. The summed E-state index contributed by atoms with van der Waals surface area (Å²) in [6.07, 6.45) is 0. The SMILES string of the molecule is c1cc(-c2ccc3ccccc3c2)cc(-c2c3ccccc3c(-c3cccc(-c4ccc5c(c4)sc4cc6ccccc6cc45)c3)c3ccccc23)c1. The van der Waals surface area contributed by atoms with Crippen LogP contribution in [-0.4, -0.2) is 0 Å². The molecule has 0 spiro atoms. The fourth-order valence-electron chi connectivity index (χ4n) is 8.47. The monoisotopic (exact) mass is 688 g/mol. The molecule has 0 saturated heterocycles. The van der Waals surface area contributed by atoms with Crippen molar-refractivity contribution in [1.82, 2.24) is 0 Å². The van der Waals surface area contributed by atoms with Gasteiger partial charge in [-0.1, -0.05) is 158 Å². The van der Waals surface area contributed by atoms with Gasteiger partial charge in [0.15, 0.2) is 0 Å². The standard InChI is InChI=1S/C52H32S/c1-2-12-34-27-39(24-23-33(34)11-1)35-15-9-17-41(28-35)51-44-19-5-7-21-46(44)52(47-22-8-6-20-45(47)51)42-18-10-16-36(29-42)40-25-26-43-48-30-37-13-3-4-14-38(37)31-50(48)53-49(43)32-40/h1-32H. The molecule has 11 aromatic rings. The minimum Gasteiger partial charge on any atom is -0.135 e. The molecule has 1 heteroatoms. The van der Waals surface area contributed by atoms with E-state index in [4.69, 9.17) is 0 Å². The Kier molecular flexibility index (Phi) is 6.83. The Labute approximate surface area is 311 Å². The lowest BCUT2D eigenvalue weighted by atomic mass is 9.85. The van der Waals surface area contributed by atoms with Crippen LogP contribution in [0.3, 0.4) is 0 Å². The Bertz CT molecular complexity index is 3180. The first-order chi connectivity index (χ1) is 26.2. The van der Waals surface area contributed by atoms with Gasteiger partial charge in [0.2, 0.25) is 0 Å². The molecular weight excluding hydrogens is 657 g/mol. The summed E-state index contributed by atoms with van der Waals surface area (Å²) in [5.74, 6) is 0. The van der Waals surface area contributed by atoms with E-state index in [0.29, 0.717) is 0 Å². The summed E-state index contributed by atoms with van der Waals surface area (Å²) < 4.78 is 2.66. The summed E-state index contributed by atoms with van der Waals surface area (Å²) in [7, 11) is 0. The molecule has 53 heavy (non-hydrogen) atoms. The average molecular weight is 689 g/mol. The van der Waals surface area contributed by atoms with E-state index in [2.05, 4.69) is 194 Å². The van der Waals surface area contributed by atoms with Crippen LogP contribution in [0.25, 0.3) is 108 Å². The lowest BCUT2D eigenvalue weighted by Crippen LogP contribution is -1.91. The summed E-state index contributed by atoms with van der Waals surface area (Å²) in [5.41, 5.74) is 9.95. The summed E-state index contributed by atoms with van der Waals surface area (Å²) >= 11 is 1.89. The molecule has 10 aromatic carbocycles. The van der Waals surface area contributed by atoms with Crippen molar-refractivity contribution in [3.63, 3.8) is 0 Å². The Balaban J connectivity index is 1.06. The van der Waals surface area contributed by atoms with E-state index in [1.165, 1.54) is 108 Å². The highest BCUT2D eigenvalue weighted by Crippen LogP contribution is 2.45. The third-order valence-electron chi connectivity index (χ3n) is 11.0. The van der Waals surface area contributed by atoms with E-state index < -0.39 is 0 Å². The number of benzene rings is 10. The number of hydrogen-bond donors (Lipinski definition) is 0. The average Bonchev–Trinajstić information content (AvgIpc) is 3.58. The van der Waals surface area contributed by atoms with Crippen molar-refractivity contribution in [2.45, 2.75) is 0 Å². The van der Waals surface area contributed by atoms with E-state index in [9.17, 15) is 0 Å². The van der Waals surface area contributed by atoms with Crippen LogP contribution in [0.2, 0.25) is 0 Å². The zero-order chi connectivity index (χ0) is 34.9. The van der Waals surface area contributed by atoms with Gasteiger partial charge in [0.1, 0.15) is 0 Å². The van der Waals surface area contributed by atoms with Gasteiger partial charge in [-0.3, -0.25) is 0 Å². The molecule has 0 unspecified atom stereocenters. The lowest BCUT2D eigenvalue weighted by molar-refractivity contribution is 1.62. The van der Waals surface area contributed by atoms with E-state index in [0.717, 1.165) is 0 Å². The summed E-state index contributed by atoms with van der Waals surface area (Å²) in [5, 5.41) is 12.8. The quantitative estimate of drug-likeness (QED) is 0.162. The molecule has 0 atom stereocenters. The molecule has 246 valence electrons. The van der Waals surface area contributed by atoms with E-state index in [1.54, 1.807) is 0 Å². The van der Waals surface area contributed by atoms with E-state index >= 15 is 0 Å². The molecule has 0 bridgehead atoms. The molecule has 0 N–H and O–H groups in total. The first-order valence-corrected chi connectivity index (χ1v) is 19.1. The van der Waals surface area contributed by atoms with Crippen molar-refractivity contribution in [3.05, 3.63) is 194 Å². The zero-order valence-electron chi connectivity index (χ0n) is 28.9. The molecule has 0 aliphatic rings. The Morgan fingerprint density at radius 1 is 0.226 bits per heavy atom. The van der Waals surface area contributed by atoms with E-state index in [-0.39, 0.29) is 0 Å². The van der Waals surface area contributed by atoms with Crippen LogP contribution >= 0.6 is 11.3 Å². The van der Waals surface area contributed by atoms with Gasteiger partial charge in [0.25, 0.3) is 0 Å². The molecule has 0 amide bonds. The van der Waals surface area contributed by atoms with Crippen LogP contribution in [0.1, 0.15) is 0 Å². The van der Waals surface area contributed by atoms with Crippen molar-refractivity contribution in [2.75, 3.05) is 0 Å². The van der Waals surface area contributed by atoms with Crippen LogP contribution in [0, 0.1) is 0 Å². The zero-order valence-corrected chi connectivity index (χ0v) is 29.7. The molecule has 1 aromatic heterocycles. The van der Waals surface area contributed by atoms with Gasteiger partial charge in [0.05, 0.1) is 0 Å². The van der Waals surface area contributed by atoms with Gasteiger partial charge < -0.3 is 0 Å². The van der Waals surface area contributed by atoms with Gasteiger partial charge in [-0.15, -0.1) is 11.3 Å². The summed E-state index contributed by atoms with van der Waals surface area (Å²) in [6.45, 7) is 0. The maximum atomic E-state index is 2.39. The highest BCUT2D eigenvalue weighted by molar-refractivity contribution is 7.25. The lowest BCUT2D eigenvalue weighted by Gasteiger charge is -2.18. The predicted molar refractivity (Wildman–Crippen MR) is 231 cm³/mol. The smallest absolute Gasteiger partial charge is 0.0361 e. The molecule has 0 aliphatic heterocycles. The topological polar surface area (TPSA) is 0 Å². The van der Waals surface area contributed by atoms with Gasteiger partial charge in [-0.05, 0) is 124 Å². The number of rotatable bonds is 4. The van der Waals surface area contributed by atoms with E-state index in [1.807, 2.05) is 11.3 Å². The first kappa shape index (κ1) is 30.1. The fourth-order valence-corrected chi connectivity index (χ4v) is 9.64. The van der Waals surface area contributed by atoms with Gasteiger partial charge in [0, 0.05) is 20.2 Å². The van der Waals surface area contributed by atoms with Crippen molar-refractivity contribution in [1.29, 1.82) is 0 Å². The molecule has 0 aliphatic carbocycles. The minimum absolute atomic E-state index is 1.22. The molecular formula is C52H32S. The van der Waals surface area contributed by atoms with Gasteiger partial charge in [-0.25, -0.2) is 0 Å². The van der Waals surface area contributed by atoms with Crippen LogP contribution in [0.15, 0.2) is 194 Å². The molecule has 0 radical (unpaired) electrons. The highest BCUT2D eigenvalue weighted by Gasteiger charge is 2.18. The third-order valence-corrected chi connectivity index (χ3v) is 12.1. The predicted octanol–water partition coefficient (Wildman–Crippen LogP) is 15.3. The maximum absolute atomic E-state index is 2.39. The number of fused-ring (bicyclic) bond motifs is 7. The van der Waals surface area contributed by atoms with Crippen LogP contribution in [0.5, 0.6) is 0 Å². The Hall–Kier alpha value is -6.54. The minimum atomic E-state index is 1.22. The van der Waals surface area contributed by atoms with Crippen molar-refractivity contribution in [3.8, 4) is 44.5 Å². The Morgan fingerprint density at radius 3 is 1.26 bits per heavy atom. The number of thiophene rings is 1. The van der Waals surface area contributed by atoms with Crippen molar-refractivity contribution in [2.24, 2.45) is 0 Å². The number of hydrogen-bond acceptors (Lipinski definition) is 1. The molecule has 0 fully saturated rings. The largest absolute Gasteiger partial charge is 0.135 e. The van der Waals surface area contributed by atoms with Crippen molar-refractivity contribution < 1.29 is 0 Å². The van der Waals surface area contributed by atoms with Crippen molar-refractivity contribution >= 4 is 74.6 Å². The van der Waals surface area contributed by atoms with Crippen LogP contribution in [-0.2, 0) is 0 Å². The maximum Gasteiger partial charge on any atom is 0.0361 e. The van der Waals surface area contributed by atoms with Crippen LogP contribution in [0.4, 0.5) is 0 Å². The molecule has 11 rings (SSSR count). The normalized spacial score (nSPS) is 11.8. The first-order valence-electron chi connectivity index (χ1n) is 18.2. The van der Waals surface area contributed by atoms with Gasteiger partial charge >= 0.3 is 0 Å². The van der Waals surface area contributed by atoms with Gasteiger partial charge in [-0.2, -0.15) is 0 Å². The highest BCUT2D eigenvalue weighted by atomic mass is 32.1. The molecule has 0 nitrogen and oxygen atoms in total. The molecule has 1 heterocycles. The second kappa shape index (κ2) is 12.0. The van der Waals surface area contributed by atoms with Crippen LogP contribution < -0.4 is 0 Å². The summed E-state index contributed by atoms with van der Waals surface area (Å²) in [6, 6.07) is 71.8. The Morgan fingerprint density at radius 2 is 0.660 bits per heavy atom. The third kappa shape index (κ3) is 4.97. The second-order valence-electron chi connectivity index (χ2n) is 14.1. The second-order valence-corrected chi connectivity index (χ2v) is 15.2.